The number of hydrogen-bond donors (Lipinski definition) is 0. The van der Waals surface area contributed by atoms with Gasteiger partial charge in [0.05, 0.1) is 0 Å². The molecule has 0 bridgehead atoms. The molecule has 0 amide bonds. The third-order valence-corrected chi connectivity index (χ3v) is 3.78. The van der Waals surface area contributed by atoms with Gasteiger partial charge in [0.25, 0.3) is 0 Å². The van der Waals surface area contributed by atoms with Crippen LogP contribution in [0.5, 0.6) is 0 Å². The van der Waals surface area contributed by atoms with Gasteiger partial charge in [0.1, 0.15) is 0 Å². The number of halogens is 3. The minimum absolute atomic E-state index is 0. The van der Waals surface area contributed by atoms with E-state index < -0.39 is 0 Å². The molecule has 0 aliphatic heterocycles. The Balaban J connectivity index is -0.0000000758. The Labute approximate surface area is 186 Å². The Morgan fingerprint density at radius 3 is 1.75 bits per heavy atom. The van der Waals surface area contributed by atoms with Gasteiger partial charge in [0.15, 0.2) is 0 Å². The van der Waals surface area contributed by atoms with Gasteiger partial charge in [-0.05, 0) is 10.2 Å². The van der Waals surface area contributed by atoms with Crippen molar-refractivity contribution in [2.45, 2.75) is 47.5 Å². The zero-order chi connectivity index (χ0) is 15.4. The quantitative estimate of drug-likeness (QED) is 0.322. The van der Waals surface area contributed by atoms with E-state index >= 15 is 0 Å². The van der Waals surface area contributed by atoms with Crippen molar-refractivity contribution >= 4 is 10.2 Å². The fraction of sp³-hybridized carbons (Fsp3) is 0.421. The molecular weight excluding hydrogens is 411 g/mol. The molecule has 1 aromatic rings. The minimum atomic E-state index is 0. The number of rotatable bonds is 2. The summed E-state index contributed by atoms with van der Waals surface area (Å²) in [4.78, 5) is 0. The van der Waals surface area contributed by atoms with Crippen LogP contribution in [0.4, 0.5) is 0 Å². The van der Waals surface area contributed by atoms with Gasteiger partial charge in [-0.25, -0.2) is 10.8 Å². The first-order valence-electron chi connectivity index (χ1n) is 7.44. The van der Waals surface area contributed by atoms with E-state index in [1.54, 1.807) is 5.20 Å². The van der Waals surface area contributed by atoms with Crippen molar-refractivity contribution in [3.05, 3.63) is 65.2 Å². The molecule has 24 heavy (non-hydrogen) atoms. The van der Waals surface area contributed by atoms with Gasteiger partial charge < -0.3 is 43.1 Å². The van der Waals surface area contributed by atoms with Crippen molar-refractivity contribution in [3.8, 4) is 0 Å². The topological polar surface area (TPSA) is 0 Å². The van der Waals surface area contributed by atoms with Crippen molar-refractivity contribution in [2.75, 3.05) is 0 Å². The molecule has 1 radical (unpaired) electrons. The van der Waals surface area contributed by atoms with Crippen molar-refractivity contribution in [3.63, 3.8) is 0 Å². The van der Waals surface area contributed by atoms with Gasteiger partial charge in [0.2, 0.25) is 0 Å². The van der Waals surface area contributed by atoms with Crippen LogP contribution in [-0.2, 0) is 21.7 Å². The predicted octanol–water partition coefficient (Wildman–Crippen LogP) is -4.47. The third-order valence-electron chi connectivity index (χ3n) is 2.84. The van der Waals surface area contributed by atoms with Crippen LogP contribution in [-0.4, -0.2) is 10.2 Å². The SMILES string of the molecule is CCC(C)C1=[C-]CC=C1[SiH3].C[C-](C)C.[Cl-].[Cl-].[Cl-].[Ti+3].[c-]1ccccc1. The monoisotopic (exact) mass is 438 g/mol. The Hall–Kier alpha value is 0.501. The predicted molar refractivity (Wildman–Crippen MR) is 94.4 cm³/mol. The molecule has 5 heteroatoms. The molecule has 1 aliphatic carbocycles. The molecule has 0 saturated heterocycles. The molecule has 137 valence electrons. The molecule has 1 aliphatic rings. The van der Waals surface area contributed by atoms with E-state index in [1.165, 1.54) is 28.2 Å². The third kappa shape index (κ3) is 20.5. The molecule has 0 saturated carbocycles. The van der Waals surface area contributed by atoms with Gasteiger partial charge in [-0.15, -0.1) is 6.42 Å². The average Bonchev–Trinajstić information content (AvgIpc) is 2.86. The second-order valence-corrected chi connectivity index (χ2v) is 6.65. The fourth-order valence-electron chi connectivity index (χ4n) is 1.67. The smallest absolute Gasteiger partial charge is 1.00 e. The van der Waals surface area contributed by atoms with E-state index in [4.69, 9.17) is 0 Å². The summed E-state index contributed by atoms with van der Waals surface area (Å²) >= 11 is 0. The second kappa shape index (κ2) is 23.5. The zero-order valence-corrected chi connectivity index (χ0v) is 21.4. The van der Waals surface area contributed by atoms with Gasteiger partial charge in [-0.1, -0.05) is 26.2 Å². The van der Waals surface area contributed by atoms with Crippen LogP contribution in [0.15, 0.2) is 47.2 Å². The normalized spacial score (nSPS) is 12.1. The Bertz CT molecular complexity index is 377. The summed E-state index contributed by atoms with van der Waals surface area (Å²) in [6, 6.07) is 12.5. The average molecular weight is 440 g/mol. The number of hydrogen-bond acceptors (Lipinski definition) is 0. The molecule has 0 heterocycles. The van der Waals surface area contributed by atoms with E-state index in [-0.39, 0.29) is 58.9 Å². The van der Waals surface area contributed by atoms with Gasteiger partial charge in [0, 0.05) is 0 Å². The zero-order valence-electron chi connectivity index (χ0n) is 15.6. The van der Waals surface area contributed by atoms with Gasteiger partial charge >= 0.3 is 21.7 Å². The maximum Gasteiger partial charge on any atom is 3.00 e. The van der Waals surface area contributed by atoms with Crippen molar-refractivity contribution in [2.24, 2.45) is 5.92 Å². The van der Waals surface area contributed by atoms with Crippen LogP contribution in [0, 0.1) is 24.0 Å². The van der Waals surface area contributed by atoms with E-state index in [0.717, 1.165) is 12.3 Å². The van der Waals surface area contributed by atoms with E-state index in [0.29, 0.717) is 0 Å². The summed E-state index contributed by atoms with van der Waals surface area (Å²) < 4.78 is 0. The van der Waals surface area contributed by atoms with Crippen LogP contribution in [0.25, 0.3) is 0 Å². The Morgan fingerprint density at radius 1 is 1.08 bits per heavy atom. The summed E-state index contributed by atoms with van der Waals surface area (Å²) in [7, 11) is 1.20. The molecule has 2 rings (SSSR count). The summed E-state index contributed by atoms with van der Waals surface area (Å²) in [5.41, 5.74) is 1.51. The Morgan fingerprint density at radius 2 is 1.54 bits per heavy atom. The molecule has 0 fully saturated rings. The van der Waals surface area contributed by atoms with Gasteiger partial charge in [-0.3, -0.25) is 6.08 Å². The van der Waals surface area contributed by atoms with Gasteiger partial charge in [-0.2, -0.15) is 63.2 Å². The van der Waals surface area contributed by atoms with Crippen LogP contribution in [0.1, 0.15) is 47.5 Å². The molecule has 1 unspecified atom stereocenters. The van der Waals surface area contributed by atoms with Crippen molar-refractivity contribution < 1.29 is 58.9 Å². The molecule has 1 aromatic carbocycles. The van der Waals surface area contributed by atoms with Crippen molar-refractivity contribution in [1.29, 1.82) is 0 Å². The largest absolute Gasteiger partial charge is 3.00 e. The van der Waals surface area contributed by atoms with E-state index in [1.807, 2.05) is 30.3 Å². The van der Waals surface area contributed by atoms with Crippen LogP contribution < -0.4 is 37.2 Å². The number of allylic oxidation sites excluding steroid dienone is 4. The summed E-state index contributed by atoms with van der Waals surface area (Å²) in [6.07, 6.45) is 8.05. The first kappa shape index (κ1) is 35.6. The maximum atomic E-state index is 3.42. The molecule has 0 spiro atoms. The summed E-state index contributed by atoms with van der Waals surface area (Å²) in [5.74, 6) is 2.16. The first-order valence-corrected chi connectivity index (χ1v) is 8.44. The summed E-state index contributed by atoms with van der Waals surface area (Å²) in [6.45, 7) is 10.8. The molecule has 0 aromatic heterocycles. The molecule has 1 atom stereocenters. The van der Waals surface area contributed by atoms with Crippen LogP contribution in [0.3, 0.4) is 0 Å². The van der Waals surface area contributed by atoms with Crippen molar-refractivity contribution in [1.82, 2.24) is 0 Å². The maximum absolute atomic E-state index is 3.42. The van der Waals surface area contributed by atoms with E-state index in [2.05, 4.69) is 52.8 Å². The van der Waals surface area contributed by atoms with E-state index in [9.17, 15) is 0 Å². The van der Waals surface area contributed by atoms with Crippen LogP contribution >= 0.6 is 0 Å². The second-order valence-electron chi connectivity index (χ2n) is 5.57. The molecular formula is C19H29Cl3SiTi-3. The summed E-state index contributed by atoms with van der Waals surface area (Å²) in [5, 5.41) is 1.58. The molecule has 0 N–H and O–H groups in total. The number of benzene rings is 1. The first-order chi connectivity index (χ1) is 9.49. The van der Waals surface area contributed by atoms with Crippen LogP contribution in [0.2, 0.25) is 0 Å². The minimum Gasteiger partial charge on any atom is -1.00 e. The standard InChI is InChI=1S/C9H15Si.C6H5.C4H9.3ClH.Ti/c1-3-7(2)8-5-4-6-9(8)10;1-2-4-6-5-3-1;1-4(2)3;;;;/h6-7H,3-4H2,1-2,10H3;1-5H;1-3H3;3*1H;/q3*-1;;;;+3/p-3. The Kier molecular flexibility index (Phi) is 34.8. The molecule has 0 nitrogen and oxygen atoms in total. The fourth-order valence-corrected chi connectivity index (χ4v) is 2.55.